The lowest BCUT2D eigenvalue weighted by molar-refractivity contribution is 0.181. The Kier molecular flexibility index (Phi) is 3.27. The van der Waals surface area contributed by atoms with Gasteiger partial charge >= 0.3 is 0 Å². The Morgan fingerprint density at radius 1 is 1.60 bits per heavy atom. The van der Waals surface area contributed by atoms with Gasteiger partial charge in [0.15, 0.2) is 0 Å². The number of fused-ring (bicyclic) bond motifs is 1. The third kappa shape index (κ3) is 2.32. The third-order valence-electron chi connectivity index (χ3n) is 3.08. The van der Waals surface area contributed by atoms with Crippen LogP contribution in [0.1, 0.15) is 47.6 Å². The van der Waals surface area contributed by atoms with Crippen LogP contribution in [0.2, 0.25) is 0 Å². The number of rotatable bonds is 4. The Morgan fingerprint density at radius 2 is 2.40 bits per heavy atom. The summed E-state index contributed by atoms with van der Waals surface area (Å²) in [5, 5.41) is 10.0. The average Bonchev–Trinajstić information content (AvgIpc) is 2.76. The first kappa shape index (κ1) is 10.9. The lowest BCUT2D eigenvalue weighted by Gasteiger charge is -2.09. The van der Waals surface area contributed by atoms with E-state index in [4.69, 9.17) is 0 Å². The van der Waals surface area contributed by atoms with Gasteiger partial charge in [0.05, 0.1) is 6.10 Å². The molecule has 0 amide bonds. The zero-order valence-corrected chi connectivity index (χ0v) is 10.1. The summed E-state index contributed by atoms with van der Waals surface area (Å²) in [6, 6.07) is 2.20. The highest BCUT2D eigenvalue weighted by Crippen LogP contribution is 2.35. The summed E-state index contributed by atoms with van der Waals surface area (Å²) in [5.74, 6) is 0. The smallest absolute Gasteiger partial charge is 0.0919 e. The van der Waals surface area contributed by atoms with Crippen LogP contribution in [0.5, 0.6) is 0 Å². The second-order valence-electron chi connectivity index (χ2n) is 4.27. The molecule has 1 atom stereocenters. The van der Waals surface area contributed by atoms with Crippen molar-refractivity contribution in [1.82, 2.24) is 0 Å². The van der Waals surface area contributed by atoms with E-state index in [0.717, 1.165) is 23.3 Å². The van der Waals surface area contributed by atoms with Crippen molar-refractivity contribution in [2.75, 3.05) is 0 Å². The number of aliphatic hydroxyl groups is 1. The molecule has 1 aliphatic rings. The molecule has 1 N–H and O–H groups in total. The van der Waals surface area contributed by atoms with Gasteiger partial charge in [-0.3, -0.25) is 0 Å². The molecule has 1 nitrogen and oxygen atoms in total. The highest BCUT2D eigenvalue weighted by molar-refractivity contribution is 7.12. The van der Waals surface area contributed by atoms with E-state index in [-0.39, 0.29) is 6.10 Å². The molecule has 0 radical (unpaired) electrons. The number of aryl methyl sites for hydroxylation is 2. The number of hydrogen-bond donors (Lipinski definition) is 1. The monoisotopic (exact) mass is 222 g/mol. The van der Waals surface area contributed by atoms with E-state index in [9.17, 15) is 5.11 Å². The summed E-state index contributed by atoms with van der Waals surface area (Å²) in [4.78, 5) is 2.63. The lowest BCUT2D eigenvalue weighted by Crippen LogP contribution is -1.96. The maximum absolute atomic E-state index is 10.0. The first-order chi connectivity index (χ1) is 7.20. The van der Waals surface area contributed by atoms with E-state index >= 15 is 0 Å². The molecule has 0 spiro atoms. The molecule has 82 valence electrons. The minimum atomic E-state index is -0.326. The molecule has 0 aromatic carbocycles. The van der Waals surface area contributed by atoms with Crippen LogP contribution < -0.4 is 0 Å². The first-order valence-electron chi connectivity index (χ1n) is 5.67. The van der Waals surface area contributed by atoms with Crippen molar-refractivity contribution >= 4 is 11.3 Å². The normalized spacial score (nSPS) is 16.4. The molecular weight excluding hydrogens is 204 g/mol. The minimum absolute atomic E-state index is 0.326. The van der Waals surface area contributed by atoms with Crippen molar-refractivity contribution < 1.29 is 5.11 Å². The van der Waals surface area contributed by atoms with Crippen molar-refractivity contribution in [3.63, 3.8) is 0 Å². The first-order valence-corrected chi connectivity index (χ1v) is 6.48. The molecule has 1 aliphatic carbocycles. The van der Waals surface area contributed by atoms with Gasteiger partial charge in [-0.15, -0.1) is 11.3 Å². The largest absolute Gasteiger partial charge is 0.387 e. The summed E-state index contributed by atoms with van der Waals surface area (Å²) in [6.07, 6.45) is 5.06. The summed E-state index contributed by atoms with van der Waals surface area (Å²) in [5.41, 5.74) is 2.60. The van der Waals surface area contributed by atoms with E-state index in [1.807, 2.05) is 0 Å². The molecule has 0 bridgehead atoms. The van der Waals surface area contributed by atoms with E-state index in [1.54, 1.807) is 11.3 Å². The van der Waals surface area contributed by atoms with Crippen molar-refractivity contribution in [2.45, 2.75) is 45.1 Å². The molecule has 2 heteroatoms. The van der Waals surface area contributed by atoms with Crippen LogP contribution in [0, 0.1) is 0 Å². The molecule has 1 unspecified atom stereocenters. The molecule has 0 aliphatic heterocycles. The molecule has 2 rings (SSSR count). The second-order valence-corrected chi connectivity index (χ2v) is 5.44. The zero-order chi connectivity index (χ0) is 10.8. The zero-order valence-electron chi connectivity index (χ0n) is 9.25. The average molecular weight is 222 g/mol. The topological polar surface area (TPSA) is 20.2 Å². The number of hydrogen-bond acceptors (Lipinski definition) is 2. The third-order valence-corrected chi connectivity index (χ3v) is 4.41. The molecule has 0 fully saturated rings. The molecule has 0 saturated heterocycles. The standard InChI is InChI=1S/C13H18OS/c1-3-9(2)7-11(14)13-8-10-5-4-6-12(10)15-13/h8,11,14H,2-7H2,1H3. The van der Waals surface area contributed by atoms with Crippen molar-refractivity contribution in [3.05, 3.63) is 33.5 Å². The fourth-order valence-electron chi connectivity index (χ4n) is 2.03. The fourth-order valence-corrected chi connectivity index (χ4v) is 3.28. The van der Waals surface area contributed by atoms with Gasteiger partial charge in [-0.25, -0.2) is 0 Å². The van der Waals surface area contributed by atoms with Crippen molar-refractivity contribution in [1.29, 1.82) is 0 Å². The summed E-state index contributed by atoms with van der Waals surface area (Å²) in [7, 11) is 0. The van der Waals surface area contributed by atoms with Crippen LogP contribution in [0.4, 0.5) is 0 Å². The summed E-state index contributed by atoms with van der Waals surface area (Å²) in [6.45, 7) is 6.03. The fraction of sp³-hybridized carbons (Fsp3) is 0.538. The van der Waals surface area contributed by atoms with Crippen molar-refractivity contribution in [3.8, 4) is 0 Å². The van der Waals surface area contributed by atoms with E-state index in [1.165, 1.54) is 29.7 Å². The Labute approximate surface area is 95.5 Å². The highest BCUT2D eigenvalue weighted by Gasteiger charge is 2.18. The van der Waals surface area contributed by atoms with E-state index < -0.39 is 0 Å². The molecular formula is C13H18OS. The van der Waals surface area contributed by atoms with Crippen molar-refractivity contribution in [2.24, 2.45) is 0 Å². The SMILES string of the molecule is C=C(CC)CC(O)c1cc2c(s1)CCC2. The lowest BCUT2D eigenvalue weighted by atomic mass is 10.1. The van der Waals surface area contributed by atoms with E-state index in [0.29, 0.717) is 0 Å². The van der Waals surface area contributed by atoms with Crippen LogP contribution in [-0.2, 0) is 12.8 Å². The predicted molar refractivity (Wildman–Crippen MR) is 65.4 cm³/mol. The van der Waals surface area contributed by atoms with Crippen LogP contribution in [0.25, 0.3) is 0 Å². The van der Waals surface area contributed by atoms with Gasteiger partial charge in [0.2, 0.25) is 0 Å². The number of thiophene rings is 1. The Balaban J connectivity index is 2.06. The summed E-state index contributed by atoms with van der Waals surface area (Å²) < 4.78 is 0. The predicted octanol–water partition coefficient (Wildman–Crippen LogP) is 3.63. The van der Waals surface area contributed by atoms with Crippen LogP contribution in [0.15, 0.2) is 18.2 Å². The molecule has 15 heavy (non-hydrogen) atoms. The van der Waals surface area contributed by atoms with Gasteiger partial charge in [-0.05, 0) is 43.7 Å². The maximum atomic E-state index is 10.0. The van der Waals surface area contributed by atoms with Gasteiger partial charge in [-0.1, -0.05) is 19.1 Å². The second kappa shape index (κ2) is 4.50. The summed E-state index contributed by atoms with van der Waals surface area (Å²) >= 11 is 1.79. The molecule has 1 aromatic rings. The van der Waals surface area contributed by atoms with Gasteiger partial charge in [0.1, 0.15) is 0 Å². The Bertz CT molecular complexity index is 343. The highest BCUT2D eigenvalue weighted by atomic mass is 32.1. The Morgan fingerprint density at radius 3 is 3.07 bits per heavy atom. The van der Waals surface area contributed by atoms with Crippen LogP contribution >= 0.6 is 11.3 Å². The number of aliphatic hydroxyl groups excluding tert-OH is 1. The molecule has 0 saturated carbocycles. The van der Waals surface area contributed by atoms with E-state index in [2.05, 4.69) is 19.6 Å². The van der Waals surface area contributed by atoms with Crippen LogP contribution in [-0.4, -0.2) is 5.11 Å². The minimum Gasteiger partial charge on any atom is -0.387 e. The quantitative estimate of drug-likeness (QED) is 0.771. The molecule has 1 aromatic heterocycles. The van der Waals surface area contributed by atoms with Gasteiger partial charge in [-0.2, -0.15) is 0 Å². The Hall–Kier alpha value is -0.600. The maximum Gasteiger partial charge on any atom is 0.0919 e. The molecule has 1 heterocycles. The van der Waals surface area contributed by atoms with Gasteiger partial charge < -0.3 is 5.11 Å². The van der Waals surface area contributed by atoms with Crippen LogP contribution in [0.3, 0.4) is 0 Å². The van der Waals surface area contributed by atoms with Gasteiger partial charge in [0, 0.05) is 9.75 Å². The van der Waals surface area contributed by atoms with Gasteiger partial charge in [0.25, 0.3) is 0 Å².